The Morgan fingerprint density at radius 1 is 1.50 bits per heavy atom. The van der Waals surface area contributed by atoms with Crippen LogP contribution in [0.2, 0.25) is 0 Å². The molecule has 0 aliphatic heterocycles. The molecule has 6 nitrogen and oxygen atoms in total. The summed E-state index contributed by atoms with van der Waals surface area (Å²) in [5, 5.41) is 14.1. The van der Waals surface area contributed by atoms with Crippen molar-refractivity contribution in [1.29, 1.82) is 0 Å². The van der Waals surface area contributed by atoms with E-state index in [-0.39, 0.29) is 10.6 Å². The number of hydrogen-bond donors (Lipinski definition) is 1. The van der Waals surface area contributed by atoms with Crippen LogP contribution in [-0.4, -0.2) is 41.6 Å². The maximum absolute atomic E-state index is 11.0. The second-order valence-corrected chi connectivity index (χ2v) is 5.40. The number of nitro groups is 1. The minimum Gasteiger partial charge on any atom is -0.370 e. The number of nitrogens with zero attached hydrogens (tertiary/aromatic N) is 3. The molecule has 0 saturated heterocycles. The molecule has 0 amide bonds. The van der Waals surface area contributed by atoms with Crippen molar-refractivity contribution in [2.75, 3.05) is 35.8 Å². The summed E-state index contributed by atoms with van der Waals surface area (Å²) in [4.78, 5) is 17.1. The van der Waals surface area contributed by atoms with Crippen molar-refractivity contribution in [3.05, 3.63) is 22.2 Å². The maximum atomic E-state index is 11.0. The Bertz CT molecular complexity index is 456. The smallest absolute Gasteiger partial charge is 0.276 e. The zero-order valence-corrected chi connectivity index (χ0v) is 13.2. The first-order chi connectivity index (χ1) is 9.53. The fourth-order valence-corrected chi connectivity index (χ4v) is 2.79. The second kappa shape index (κ2) is 7.94. The molecule has 0 bridgehead atoms. The molecular formula is C13H22N4O2S. The van der Waals surface area contributed by atoms with Gasteiger partial charge in [0.15, 0.2) is 0 Å². The number of rotatable bonds is 8. The summed E-state index contributed by atoms with van der Waals surface area (Å²) >= 11 is 1.76. The molecule has 1 atom stereocenters. The van der Waals surface area contributed by atoms with E-state index in [1.807, 2.05) is 18.9 Å². The van der Waals surface area contributed by atoms with Crippen molar-refractivity contribution >= 4 is 29.1 Å². The van der Waals surface area contributed by atoms with Gasteiger partial charge in [0.2, 0.25) is 0 Å². The highest BCUT2D eigenvalue weighted by molar-refractivity contribution is 7.98. The third kappa shape index (κ3) is 4.26. The molecule has 0 aliphatic carbocycles. The molecule has 1 aromatic rings. The largest absolute Gasteiger partial charge is 0.370 e. The first-order valence-corrected chi connectivity index (χ1v) is 8.04. The molecule has 1 rings (SSSR count). The van der Waals surface area contributed by atoms with Gasteiger partial charge in [-0.05, 0) is 19.6 Å². The van der Waals surface area contributed by atoms with Gasteiger partial charge < -0.3 is 10.2 Å². The van der Waals surface area contributed by atoms with Crippen LogP contribution in [0, 0.1) is 10.1 Å². The Morgan fingerprint density at radius 3 is 2.70 bits per heavy atom. The van der Waals surface area contributed by atoms with Gasteiger partial charge in [-0.3, -0.25) is 10.1 Å². The van der Waals surface area contributed by atoms with Crippen LogP contribution in [-0.2, 0) is 0 Å². The molecule has 0 spiro atoms. The topological polar surface area (TPSA) is 71.3 Å². The Labute approximate surface area is 124 Å². The highest BCUT2D eigenvalue weighted by Crippen LogP contribution is 2.25. The fraction of sp³-hybridized carbons (Fsp3) is 0.615. The zero-order valence-electron chi connectivity index (χ0n) is 12.4. The van der Waals surface area contributed by atoms with E-state index in [1.54, 1.807) is 11.8 Å². The van der Waals surface area contributed by atoms with Gasteiger partial charge in [0.25, 0.3) is 5.69 Å². The van der Waals surface area contributed by atoms with E-state index in [4.69, 9.17) is 0 Å². The van der Waals surface area contributed by atoms with E-state index in [2.05, 4.69) is 23.5 Å². The Kier molecular flexibility index (Phi) is 6.57. The van der Waals surface area contributed by atoms with Gasteiger partial charge in [0.1, 0.15) is 11.6 Å². The lowest BCUT2D eigenvalue weighted by Crippen LogP contribution is -2.33. The van der Waals surface area contributed by atoms with Crippen LogP contribution in [0.1, 0.15) is 20.3 Å². The zero-order chi connectivity index (χ0) is 15.1. The van der Waals surface area contributed by atoms with Gasteiger partial charge in [-0.2, -0.15) is 11.8 Å². The van der Waals surface area contributed by atoms with E-state index in [9.17, 15) is 10.1 Å². The Hall–Kier alpha value is -1.50. The lowest BCUT2D eigenvalue weighted by atomic mass is 10.2. The van der Waals surface area contributed by atoms with Crippen LogP contribution < -0.4 is 10.2 Å². The van der Waals surface area contributed by atoms with E-state index in [0.29, 0.717) is 24.2 Å². The molecule has 0 fully saturated rings. The summed E-state index contributed by atoms with van der Waals surface area (Å²) in [7, 11) is 1.94. The van der Waals surface area contributed by atoms with Gasteiger partial charge in [0, 0.05) is 25.4 Å². The van der Waals surface area contributed by atoms with Gasteiger partial charge in [0.05, 0.1) is 17.1 Å². The summed E-state index contributed by atoms with van der Waals surface area (Å²) in [5.74, 6) is 2.15. The third-order valence-electron chi connectivity index (χ3n) is 3.10. The van der Waals surface area contributed by atoms with Crippen molar-refractivity contribution in [1.82, 2.24) is 4.98 Å². The van der Waals surface area contributed by atoms with E-state index >= 15 is 0 Å². The van der Waals surface area contributed by atoms with Crippen LogP contribution in [0.25, 0.3) is 0 Å². The number of thioether (sulfide) groups is 1. The minimum absolute atomic E-state index is 0.0665. The summed E-state index contributed by atoms with van der Waals surface area (Å²) in [6, 6.07) is 3.31. The minimum atomic E-state index is -0.380. The molecule has 0 aromatic carbocycles. The van der Waals surface area contributed by atoms with Gasteiger partial charge in [-0.25, -0.2) is 4.98 Å². The SMILES string of the molecule is CCNc1cc([N+](=O)[O-])cc(N(C)C(CC)CSC)n1. The summed E-state index contributed by atoms with van der Waals surface area (Å²) in [5.41, 5.74) is 0.0665. The number of pyridine rings is 1. The molecule has 7 heteroatoms. The van der Waals surface area contributed by atoms with Crippen LogP contribution in [0.4, 0.5) is 17.3 Å². The van der Waals surface area contributed by atoms with Crippen molar-refractivity contribution < 1.29 is 4.92 Å². The predicted molar refractivity (Wildman–Crippen MR) is 85.9 cm³/mol. The first-order valence-electron chi connectivity index (χ1n) is 6.65. The summed E-state index contributed by atoms with van der Waals surface area (Å²) < 4.78 is 0. The average molecular weight is 298 g/mol. The molecule has 0 radical (unpaired) electrons. The van der Waals surface area contributed by atoms with Crippen molar-refractivity contribution in [2.45, 2.75) is 26.3 Å². The second-order valence-electron chi connectivity index (χ2n) is 4.48. The quantitative estimate of drug-likeness (QED) is 0.587. The normalized spacial score (nSPS) is 12.0. The van der Waals surface area contributed by atoms with Crippen LogP contribution in [0.5, 0.6) is 0 Å². The van der Waals surface area contributed by atoms with Gasteiger partial charge in [-0.1, -0.05) is 6.92 Å². The Balaban J connectivity index is 3.11. The Morgan fingerprint density at radius 2 is 2.20 bits per heavy atom. The van der Waals surface area contributed by atoms with E-state index < -0.39 is 0 Å². The molecule has 1 unspecified atom stereocenters. The van der Waals surface area contributed by atoms with E-state index in [1.165, 1.54) is 12.1 Å². The number of anilines is 2. The molecule has 0 aliphatic rings. The lowest BCUT2D eigenvalue weighted by molar-refractivity contribution is -0.384. The van der Waals surface area contributed by atoms with Gasteiger partial charge >= 0.3 is 0 Å². The molecule has 1 aromatic heterocycles. The third-order valence-corrected chi connectivity index (χ3v) is 3.82. The molecule has 1 N–H and O–H groups in total. The van der Waals surface area contributed by atoms with Crippen molar-refractivity contribution in [3.8, 4) is 0 Å². The number of aromatic nitrogens is 1. The molecule has 0 saturated carbocycles. The molecule has 20 heavy (non-hydrogen) atoms. The monoisotopic (exact) mass is 298 g/mol. The molecule has 112 valence electrons. The highest BCUT2D eigenvalue weighted by Gasteiger charge is 2.18. The predicted octanol–water partition coefficient (Wildman–Crippen LogP) is 3.00. The molecular weight excluding hydrogens is 276 g/mol. The highest BCUT2D eigenvalue weighted by atomic mass is 32.2. The van der Waals surface area contributed by atoms with Crippen LogP contribution >= 0.6 is 11.8 Å². The maximum Gasteiger partial charge on any atom is 0.276 e. The average Bonchev–Trinajstić information content (AvgIpc) is 2.44. The fourth-order valence-electron chi connectivity index (χ4n) is 1.94. The standard InChI is InChI=1S/C13H22N4O2S/c1-5-10(9-20-4)16(3)13-8-11(17(18)19)7-12(15-13)14-6-2/h7-8,10H,5-6,9H2,1-4H3,(H,14,15). The first kappa shape index (κ1) is 16.6. The van der Waals surface area contributed by atoms with Crippen molar-refractivity contribution in [2.24, 2.45) is 0 Å². The van der Waals surface area contributed by atoms with Crippen LogP contribution in [0.3, 0.4) is 0 Å². The van der Waals surface area contributed by atoms with Gasteiger partial charge in [-0.15, -0.1) is 0 Å². The summed E-state index contributed by atoms with van der Waals surface area (Å²) in [6.07, 6.45) is 3.03. The number of hydrogen-bond acceptors (Lipinski definition) is 6. The molecule has 1 heterocycles. The van der Waals surface area contributed by atoms with E-state index in [0.717, 1.165) is 12.2 Å². The summed E-state index contributed by atoms with van der Waals surface area (Å²) in [6.45, 7) is 4.73. The van der Waals surface area contributed by atoms with Crippen molar-refractivity contribution in [3.63, 3.8) is 0 Å². The number of nitrogens with one attached hydrogen (secondary N) is 1. The lowest BCUT2D eigenvalue weighted by Gasteiger charge is -2.28. The van der Waals surface area contributed by atoms with Crippen LogP contribution in [0.15, 0.2) is 12.1 Å².